The van der Waals surface area contributed by atoms with Crippen LogP contribution in [0.4, 0.5) is 5.69 Å². The summed E-state index contributed by atoms with van der Waals surface area (Å²) in [6.07, 6.45) is 2.35. The molecule has 1 atom stereocenters. The highest BCUT2D eigenvalue weighted by Crippen LogP contribution is 2.25. The van der Waals surface area contributed by atoms with E-state index >= 15 is 0 Å². The number of hydrogen-bond donors (Lipinski definition) is 1. The summed E-state index contributed by atoms with van der Waals surface area (Å²) in [6, 6.07) is 14.9. The van der Waals surface area contributed by atoms with Crippen molar-refractivity contribution < 1.29 is 4.74 Å². The second kappa shape index (κ2) is 5.58. The molecule has 0 fully saturated rings. The largest absolute Gasteiger partial charge is 0.488 e. The summed E-state index contributed by atoms with van der Waals surface area (Å²) in [5, 5.41) is 3.50. The molecule has 20 heavy (non-hydrogen) atoms. The summed E-state index contributed by atoms with van der Waals surface area (Å²) in [5.74, 6) is 1.01. The maximum Gasteiger partial charge on any atom is 0.122 e. The lowest BCUT2D eigenvalue weighted by molar-refractivity contribution is 0.204. The average Bonchev–Trinajstić information content (AvgIpc) is 2.65. The third-order valence-corrected chi connectivity index (χ3v) is 3.90. The van der Waals surface area contributed by atoms with Crippen LogP contribution in [0.1, 0.15) is 23.1 Å². The summed E-state index contributed by atoms with van der Waals surface area (Å²) in [4.78, 5) is 0. The molecule has 0 amide bonds. The number of rotatable bonds is 2. The molecule has 1 unspecified atom stereocenters. The third kappa shape index (κ3) is 2.79. The molecular formula is C18H21NO. The quantitative estimate of drug-likeness (QED) is 0.884. The minimum Gasteiger partial charge on any atom is -0.488 e. The van der Waals surface area contributed by atoms with Gasteiger partial charge in [0, 0.05) is 5.69 Å². The van der Waals surface area contributed by atoms with Gasteiger partial charge in [0.2, 0.25) is 0 Å². The lowest BCUT2D eigenvalue weighted by Crippen LogP contribution is -2.25. The third-order valence-electron chi connectivity index (χ3n) is 3.90. The van der Waals surface area contributed by atoms with Crippen LogP contribution < -0.4 is 10.1 Å². The molecule has 0 spiro atoms. The van der Waals surface area contributed by atoms with Gasteiger partial charge in [-0.2, -0.15) is 0 Å². The Morgan fingerprint density at radius 2 is 1.95 bits per heavy atom. The molecular weight excluding hydrogens is 246 g/mol. The van der Waals surface area contributed by atoms with Gasteiger partial charge in [-0.1, -0.05) is 35.9 Å². The predicted molar refractivity (Wildman–Crippen MR) is 83.6 cm³/mol. The van der Waals surface area contributed by atoms with E-state index in [9.17, 15) is 0 Å². The summed E-state index contributed by atoms with van der Waals surface area (Å²) in [6.45, 7) is 5.09. The second-order valence-electron chi connectivity index (χ2n) is 5.59. The van der Waals surface area contributed by atoms with Gasteiger partial charge in [-0.05, 0) is 49.9 Å². The zero-order valence-electron chi connectivity index (χ0n) is 12.1. The van der Waals surface area contributed by atoms with E-state index < -0.39 is 0 Å². The van der Waals surface area contributed by atoms with Crippen LogP contribution in [0, 0.1) is 13.8 Å². The summed E-state index contributed by atoms with van der Waals surface area (Å²) in [7, 11) is 0. The minimum absolute atomic E-state index is 0.226. The fourth-order valence-corrected chi connectivity index (χ4v) is 2.76. The second-order valence-corrected chi connectivity index (χ2v) is 5.59. The molecule has 0 aromatic heterocycles. The van der Waals surface area contributed by atoms with Crippen LogP contribution >= 0.6 is 0 Å². The summed E-state index contributed by atoms with van der Waals surface area (Å²) in [5.41, 5.74) is 5.13. The fraction of sp³-hybridized carbons (Fsp3) is 0.333. The van der Waals surface area contributed by atoms with Crippen molar-refractivity contribution >= 4 is 5.69 Å². The Balaban J connectivity index is 1.71. The lowest BCUT2D eigenvalue weighted by atomic mass is 10.1. The molecule has 2 nitrogen and oxygen atoms in total. The number of para-hydroxylation sites is 1. The Bertz CT molecular complexity index is 579. The Labute approximate surface area is 120 Å². The first-order valence-corrected chi connectivity index (χ1v) is 7.28. The highest BCUT2D eigenvalue weighted by atomic mass is 16.5. The molecule has 1 aliphatic rings. The van der Waals surface area contributed by atoms with Gasteiger partial charge in [0.1, 0.15) is 11.9 Å². The number of nitrogens with one attached hydrogen (secondary N) is 1. The smallest absolute Gasteiger partial charge is 0.122 e. The maximum absolute atomic E-state index is 6.19. The Morgan fingerprint density at radius 3 is 2.80 bits per heavy atom. The summed E-state index contributed by atoms with van der Waals surface area (Å²) < 4.78 is 6.19. The first-order chi connectivity index (χ1) is 9.72. The van der Waals surface area contributed by atoms with Gasteiger partial charge in [-0.25, -0.2) is 0 Å². The molecule has 0 radical (unpaired) electrons. The zero-order chi connectivity index (χ0) is 13.9. The molecule has 2 aromatic carbocycles. The van der Waals surface area contributed by atoms with Crippen molar-refractivity contribution in [1.29, 1.82) is 0 Å². The minimum atomic E-state index is 0.226. The van der Waals surface area contributed by atoms with Crippen molar-refractivity contribution in [3.8, 4) is 5.75 Å². The Hall–Kier alpha value is -1.96. The monoisotopic (exact) mass is 267 g/mol. The average molecular weight is 267 g/mol. The standard InChI is InChI=1S/C18H21NO/c1-13-7-10-18(14(2)11-13)20-16-9-8-15-5-3-4-6-17(15)19-12-16/h3-7,10-11,16,19H,8-9,12H2,1-2H3. The molecule has 1 N–H and O–H groups in total. The van der Waals surface area contributed by atoms with Crippen LogP contribution in [-0.2, 0) is 6.42 Å². The molecule has 2 aromatic rings. The van der Waals surface area contributed by atoms with Gasteiger partial charge in [-0.15, -0.1) is 0 Å². The van der Waals surface area contributed by atoms with Gasteiger partial charge >= 0.3 is 0 Å². The van der Waals surface area contributed by atoms with Crippen molar-refractivity contribution in [2.75, 3.05) is 11.9 Å². The van der Waals surface area contributed by atoms with Crippen LogP contribution in [-0.4, -0.2) is 12.6 Å². The SMILES string of the molecule is Cc1ccc(OC2CCc3ccccc3NC2)c(C)c1. The number of hydrogen-bond acceptors (Lipinski definition) is 2. The Morgan fingerprint density at radius 1 is 1.10 bits per heavy atom. The van der Waals surface area contributed by atoms with E-state index in [1.807, 2.05) is 0 Å². The van der Waals surface area contributed by atoms with Crippen LogP contribution in [0.3, 0.4) is 0 Å². The van der Waals surface area contributed by atoms with Crippen molar-refractivity contribution in [2.45, 2.75) is 32.8 Å². The van der Waals surface area contributed by atoms with Crippen molar-refractivity contribution in [2.24, 2.45) is 0 Å². The van der Waals surface area contributed by atoms with Crippen LogP contribution in [0.5, 0.6) is 5.75 Å². The van der Waals surface area contributed by atoms with Crippen molar-refractivity contribution in [1.82, 2.24) is 0 Å². The zero-order valence-corrected chi connectivity index (χ0v) is 12.1. The van der Waals surface area contributed by atoms with E-state index in [2.05, 4.69) is 61.6 Å². The fourth-order valence-electron chi connectivity index (χ4n) is 2.76. The molecule has 0 saturated heterocycles. The molecule has 1 heterocycles. The Kier molecular flexibility index (Phi) is 3.64. The highest BCUT2D eigenvalue weighted by molar-refractivity contribution is 5.52. The molecule has 104 valence electrons. The highest BCUT2D eigenvalue weighted by Gasteiger charge is 2.17. The maximum atomic E-state index is 6.19. The van der Waals surface area contributed by atoms with Gasteiger partial charge in [-0.3, -0.25) is 0 Å². The number of fused-ring (bicyclic) bond motifs is 1. The van der Waals surface area contributed by atoms with E-state index in [1.54, 1.807) is 0 Å². The number of benzene rings is 2. The molecule has 0 aliphatic carbocycles. The van der Waals surface area contributed by atoms with Crippen LogP contribution in [0.15, 0.2) is 42.5 Å². The molecule has 0 bridgehead atoms. The summed E-state index contributed by atoms with van der Waals surface area (Å²) >= 11 is 0. The predicted octanol–water partition coefficient (Wildman–Crippen LogP) is 4.11. The number of ether oxygens (including phenoxy) is 1. The first-order valence-electron chi connectivity index (χ1n) is 7.28. The van der Waals surface area contributed by atoms with Crippen LogP contribution in [0.25, 0.3) is 0 Å². The lowest BCUT2D eigenvalue weighted by Gasteiger charge is -2.19. The van der Waals surface area contributed by atoms with E-state index in [0.717, 1.165) is 25.1 Å². The van der Waals surface area contributed by atoms with E-state index in [-0.39, 0.29) is 6.10 Å². The molecule has 2 heteroatoms. The number of anilines is 1. The van der Waals surface area contributed by atoms with E-state index in [4.69, 9.17) is 4.74 Å². The van der Waals surface area contributed by atoms with Gasteiger partial charge < -0.3 is 10.1 Å². The molecule has 3 rings (SSSR count). The molecule has 0 saturated carbocycles. The van der Waals surface area contributed by atoms with Crippen molar-refractivity contribution in [3.63, 3.8) is 0 Å². The van der Waals surface area contributed by atoms with Crippen molar-refractivity contribution in [3.05, 3.63) is 59.2 Å². The van der Waals surface area contributed by atoms with E-state index in [0.29, 0.717) is 0 Å². The normalized spacial score (nSPS) is 17.8. The van der Waals surface area contributed by atoms with Crippen LogP contribution in [0.2, 0.25) is 0 Å². The number of aryl methyl sites for hydroxylation is 3. The first kappa shape index (κ1) is 13.0. The van der Waals surface area contributed by atoms with Gasteiger partial charge in [0.15, 0.2) is 0 Å². The topological polar surface area (TPSA) is 21.3 Å². The van der Waals surface area contributed by atoms with E-state index in [1.165, 1.54) is 22.4 Å². The molecule has 1 aliphatic heterocycles. The van der Waals surface area contributed by atoms with Gasteiger partial charge in [0.05, 0.1) is 6.54 Å². The van der Waals surface area contributed by atoms with Gasteiger partial charge in [0.25, 0.3) is 0 Å².